The molecule has 0 aromatic rings. The summed E-state index contributed by atoms with van der Waals surface area (Å²) in [4.78, 5) is 0. The van der Waals surface area contributed by atoms with E-state index in [4.69, 9.17) is 0 Å². The van der Waals surface area contributed by atoms with Crippen LogP contribution in [0.4, 0.5) is 0 Å². The fourth-order valence-electron chi connectivity index (χ4n) is 4.66. The molecule has 0 atom stereocenters. The maximum Gasteiger partial charge on any atom is 0.127 e. The van der Waals surface area contributed by atoms with Crippen molar-refractivity contribution in [1.29, 1.82) is 0 Å². The Kier molecular flexibility index (Phi) is 6.16. The van der Waals surface area contributed by atoms with Gasteiger partial charge in [-0.25, -0.2) is 0 Å². The van der Waals surface area contributed by atoms with Crippen molar-refractivity contribution in [3.05, 3.63) is 0 Å². The van der Waals surface area contributed by atoms with E-state index in [1.807, 2.05) is 0 Å². The van der Waals surface area contributed by atoms with E-state index in [9.17, 15) is 0 Å². The molecule has 0 fully saturated rings. The highest BCUT2D eigenvalue weighted by Crippen LogP contribution is 2.34. The maximum absolute atomic E-state index is 2.40. The summed E-state index contributed by atoms with van der Waals surface area (Å²) in [5, 5.41) is 0. The molecule has 0 N–H and O–H groups in total. The fraction of sp³-hybridized carbons (Fsp3) is 1.00. The molecule has 2 heteroatoms. The molecule has 17 heavy (non-hydrogen) atoms. The van der Waals surface area contributed by atoms with Crippen LogP contribution in [0.2, 0.25) is 0 Å². The Bertz CT molecular complexity index is 185. The largest absolute Gasteiger partial charge is 0.170 e. The van der Waals surface area contributed by atoms with Gasteiger partial charge in [0.05, 0.1) is 0 Å². The molecular weight excluding hydrogens is 208 g/mol. The van der Waals surface area contributed by atoms with Gasteiger partial charge in [0.25, 0.3) is 0 Å². The van der Waals surface area contributed by atoms with Crippen LogP contribution in [-0.2, 0) is 0 Å². The summed E-state index contributed by atoms with van der Waals surface area (Å²) in [5.74, 6) is 0. The molecule has 0 spiro atoms. The van der Waals surface area contributed by atoms with Crippen molar-refractivity contribution in [3.63, 3.8) is 0 Å². The van der Waals surface area contributed by atoms with Gasteiger partial charge in [-0.1, -0.05) is 0 Å². The highest BCUT2D eigenvalue weighted by molar-refractivity contribution is 4.53. The smallest absolute Gasteiger partial charge is 0.127 e. The summed E-state index contributed by atoms with van der Waals surface area (Å²) in [7, 11) is 0. The topological polar surface area (TPSA) is 0 Å². The number of rotatable bonds is 7. The van der Waals surface area contributed by atoms with Gasteiger partial charge >= 0.3 is 0 Å². The van der Waals surface area contributed by atoms with E-state index in [-0.39, 0.29) is 0 Å². The van der Waals surface area contributed by atoms with Gasteiger partial charge in [-0.3, -0.25) is 0 Å². The van der Waals surface area contributed by atoms with E-state index in [1.54, 1.807) is 0 Å². The first kappa shape index (κ1) is 16.9. The molecule has 0 saturated carbocycles. The first-order chi connectivity index (χ1) is 7.76. The van der Waals surface area contributed by atoms with Gasteiger partial charge in [-0.05, 0) is 62.3 Å². The van der Waals surface area contributed by atoms with E-state index in [0.717, 1.165) is 0 Å². The molecule has 0 rings (SSSR count). The van der Waals surface area contributed by atoms with Crippen LogP contribution in [0.1, 0.15) is 62.3 Å². The Morgan fingerprint density at radius 1 is 0.588 bits per heavy atom. The third-order valence-corrected chi connectivity index (χ3v) is 4.98. The van der Waals surface area contributed by atoms with Crippen LogP contribution in [0, 0.1) is 0 Å². The van der Waals surface area contributed by atoms with Crippen molar-refractivity contribution < 1.29 is 9.18 Å². The van der Waals surface area contributed by atoms with Crippen molar-refractivity contribution >= 4 is 0 Å². The third kappa shape index (κ3) is 2.39. The minimum Gasteiger partial charge on any atom is -0.170 e. The molecule has 0 aliphatic heterocycles. The maximum atomic E-state index is 2.40. The predicted octanol–water partition coefficient (Wildman–Crippen LogP) is 3.82. The standard InChI is InChI=1S/C15H36N2/c1-10-16(11-2,12-3)17(13(4)5,14(6)7)15(8)9/h13-15H,10-12H2,1-9H3/q+2. The first-order valence-electron chi connectivity index (χ1n) is 7.51. The Balaban J connectivity index is 5.88. The van der Waals surface area contributed by atoms with Gasteiger partial charge in [0.2, 0.25) is 0 Å². The Morgan fingerprint density at radius 3 is 0.882 bits per heavy atom. The second-order valence-electron chi connectivity index (χ2n) is 6.12. The van der Waals surface area contributed by atoms with Crippen LogP contribution in [0.3, 0.4) is 0 Å². The lowest BCUT2D eigenvalue weighted by molar-refractivity contribution is -1.51. The van der Waals surface area contributed by atoms with Gasteiger partial charge < -0.3 is 0 Å². The minimum absolute atomic E-state index is 0.662. The Morgan fingerprint density at radius 2 is 0.824 bits per heavy atom. The molecule has 104 valence electrons. The van der Waals surface area contributed by atoms with Gasteiger partial charge in [0.1, 0.15) is 37.8 Å². The zero-order chi connectivity index (χ0) is 13.9. The van der Waals surface area contributed by atoms with Crippen molar-refractivity contribution in [2.45, 2.75) is 80.4 Å². The quantitative estimate of drug-likeness (QED) is 0.472. The second kappa shape index (κ2) is 6.19. The second-order valence-corrected chi connectivity index (χ2v) is 6.12. The predicted molar refractivity (Wildman–Crippen MR) is 77.6 cm³/mol. The molecule has 0 heterocycles. The highest BCUT2D eigenvalue weighted by atomic mass is 15.9. The number of hydrogen-bond donors (Lipinski definition) is 0. The van der Waals surface area contributed by atoms with E-state index < -0.39 is 0 Å². The van der Waals surface area contributed by atoms with E-state index in [1.165, 1.54) is 28.8 Å². The molecule has 0 aromatic carbocycles. The summed E-state index contributed by atoms with van der Waals surface area (Å²) in [6.45, 7) is 25.1. The zero-order valence-corrected chi connectivity index (χ0v) is 13.7. The van der Waals surface area contributed by atoms with Crippen molar-refractivity contribution in [1.82, 2.24) is 0 Å². The molecular formula is C15H36N2+2. The minimum atomic E-state index is 0.662. The summed E-state index contributed by atoms with van der Waals surface area (Å²) in [6.07, 6.45) is 0. The zero-order valence-electron chi connectivity index (χ0n) is 13.7. The van der Waals surface area contributed by atoms with Crippen LogP contribution in [0.15, 0.2) is 0 Å². The average molecular weight is 244 g/mol. The van der Waals surface area contributed by atoms with Gasteiger partial charge in [-0.15, -0.1) is 0 Å². The van der Waals surface area contributed by atoms with Crippen molar-refractivity contribution in [2.75, 3.05) is 19.6 Å². The molecule has 0 aliphatic rings. The van der Waals surface area contributed by atoms with Crippen LogP contribution in [0.5, 0.6) is 0 Å². The summed E-state index contributed by atoms with van der Waals surface area (Å²) in [6, 6.07) is 1.99. The van der Waals surface area contributed by atoms with E-state index in [2.05, 4.69) is 62.3 Å². The van der Waals surface area contributed by atoms with E-state index in [0.29, 0.717) is 18.1 Å². The normalized spacial score (nSPS) is 14.1. The lowest BCUT2D eigenvalue weighted by Gasteiger charge is -2.59. The van der Waals surface area contributed by atoms with Crippen molar-refractivity contribution in [3.8, 4) is 0 Å². The molecule has 2 nitrogen and oxygen atoms in total. The average Bonchev–Trinajstić information content (AvgIpc) is 2.24. The lowest BCUT2D eigenvalue weighted by atomic mass is 10.1. The van der Waals surface area contributed by atoms with Crippen LogP contribution < -0.4 is 0 Å². The Hall–Kier alpha value is -0.0800. The van der Waals surface area contributed by atoms with Gasteiger partial charge in [0.15, 0.2) is 0 Å². The summed E-state index contributed by atoms with van der Waals surface area (Å²) >= 11 is 0. The van der Waals surface area contributed by atoms with Crippen LogP contribution in [0.25, 0.3) is 0 Å². The molecule has 0 radical (unpaired) electrons. The Labute approximate surface area is 110 Å². The highest BCUT2D eigenvalue weighted by Gasteiger charge is 2.54. The number of nitrogens with zero attached hydrogens (tertiary/aromatic N) is 2. The molecule has 0 saturated heterocycles. The molecule has 0 aromatic heterocycles. The fourth-order valence-corrected chi connectivity index (χ4v) is 4.66. The molecule has 0 bridgehead atoms. The SMILES string of the molecule is CC[N+](CC)(CC)[N+](C(C)C)(C(C)C)C(C)C. The van der Waals surface area contributed by atoms with Crippen LogP contribution in [-0.4, -0.2) is 46.9 Å². The van der Waals surface area contributed by atoms with Gasteiger partial charge in [0, 0.05) is 0 Å². The van der Waals surface area contributed by atoms with Gasteiger partial charge in [-0.2, -0.15) is 9.18 Å². The molecule has 0 amide bonds. The summed E-state index contributed by atoms with van der Waals surface area (Å²) in [5.41, 5.74) is 0. The molecule has 0 aliphatic carbocycles. The van der Waals surface area contributed by atoms with Crippen LogP contribution >= 0.6 is 0 Å². The number of quaternary nitrogens is 2. The molecule has 0 unspecified atom stereocenters. The third-order valence-electron chi connectivity index (χ3n) is 4.98. The number of hydrogen-bond acceptors (Lipinski definition) is 0. The van der Waals surface area contributed by atoms with E-state index >= 15 is 0 Å². The lowest BCUT2D eigenvalue weighted by Crippen LogP contribution is -2.80. The van der Waals surface area contributed by atoms with Crippen molar-refractivity contribution in [2.24, 2.45) is 0 Å². The first-order valence-corrected chi connectivity index (χ1v) is 7.51. The summed E-state index contributed by atoms with van der Waals surface area (Å²) < 4.78 is 2.40. The monoisotopic (exact) mass is 244 g/mol.